The molecule has 0 unspecified atom stereocenters. The van der Waals surface area contributed by atoms with E-state index in [1.807, 2.05) is 0 Å². The minimum absolute atomic E-state index is 0.150. The number of aryl methyl sites for hydroxylation is 2. The summed E-state index contributed by atoms with van der Waals surface area (Å²) in [4.78, 5) is 21.5. The molecule has 1 aliphatic rings. The molecule has 19 heavy (non-hydrogen) atoms. The molecule has 1 aliphatic carbocycles. The second-order valence-electron chi connectivity index (χ2n) is 4.29. The fourth-order valence-electron chi connectivity index (χ4n) is 2.15. The van der Waals surface area contributed by atoms with Crippen LogP contribution >= 0.6 is 11.3 Å². The Morgan fingerprint density at radius 3 is 3.16 bits per heavy atom. The van der Waals surface area contributed by atoms with Crippen molar-refractivity contribution in [1.82, 2.24) is 14.5 Å². The summed E-state index contributed by atoms with van der Waals surface area (Å²) in [6, 6.07) is 0. The predicted octanol–water partition coefficient (Wildman–Crippen LogP) is 1.58. The molecule has 2 aromatic heterocycles. The van der Waals surface area contributed by atoms with Crippen LogP contribution in [0.25, 0.3) is 5.13 Å². The quantitative estimate of drug-likeness (QED) is 0.862. The lowest BCUT2D eigenvalue weighted by Gasteiger charge is -2.02. The molecule has 2 heterocycles. The van der Waals surface area contributed by atoms with Gasteiger partial charge in [0.2, 0.25) is 0 Å². The van der Waals surface area contributed by atoms with Gasteiger partial charge in [0.1, 0.15) is 12.1 Å². The van der Waals surface area contributed by atoms with E-state index in [1.165, 1.54) is 17.6 Å². The molecule has 0 saturated heterocycles. The molecule has 0 atom stereocenters. The van der Waals surface area contributed by atoms with Crippen molar-refractivity contribution in [1.29, 1.82) is 0 Å². The van der Waals surface area contributed by atoms with Crippen molar-refractivity contribution in [3.63, 3.8) is 0 Å². The molecule has 2 aromatic rings. The van der Waals surface area contributed by atoms with Crippen molar-refractivity contribution in [3.8, 4) is 5.13 Å². The van der Waals surface area contributed by atoms with Crippen molar-refractivity contribution in [2.75, 3.05) is 12.3 Å². The van der Waals surface area contributed by atoms with Crippen LogP contribution in [0.1, 0.15) is 34.4 Å². The molecule has 0 fully saturated rings. The molecule has 0 aromatic carbocycles. The van der Waals surface area contributed by atoms with Gasteiger partial charge in [-0.25, -0.2) is 14.8 Å². The van der Waals surface area contributed by atoms with Gasteiger partial charge in [-0.1, -0.05) is 0 Å². The Labute approximate surface area is 114 Å². The number of carbonyl (C=O) groups is 1. The number of imidazole rings is 1. The van der Waals surface area contributed by atoms with Gasteiger partial charge in [-0.2, -0.15) is 0 Å². The van der Waals surface area contributed by atoms with Gasteiger partial charge in [0.15, 0.2) is 10.8 Å². The van der Waals surface area contributed by atoms with Gasteiger partial charge in [0.25, 0.3) is 0 Å². The number of anilines is 1. The maximum Gasteiger partial charge on any atom is 0.360 e. The number of hydrogen-bond donors (Lipinski definition) is 1. The third-order valence-corrected chi connectivity index (χ3v) is 4.22. The number of nitrogens with zero attached hydrogens (tertiary/aromatic N) is 3. The summed E-state index contributed by atoms with van der Waals surface area (Å²) >= 11 is 1.61. The number of nitrogens with two attached hydrogens (primary N) is 1. The van der Waals surface area contributed by atoms with Gasteiger partial charge in [0.05, 0.1) is 12.3 Å². The summed E-state index contributed by atoms with van der Waals surface area (Å²) in [6.45, 7) is 2.05. The highest BCUT2D eigenvalue weighted by Crippen LogP contribution is 2.31. The van der Waals surface area contributed by atoms with E-state index in [9.17, 15) is 4.79 Å². The maximum atomic E-state index is 11.7. The fraction of sp³-hybridized carbons (Fsp3) is 0.417. The second-order valence-corrected chi connectivity index (χ2v) is 5.35. The van der Waals surface area contributed by atoms with Crippen LogP contribution in [0.2, 0.25) is 0 Å². The summed E-state index contributed by atoms with van der Waals surface area (Å²) < 4.78 is 6.56. The average Bonchev–Trinajstić information content (AvgIpc) is 3.01. The number of carbonyl (C=O) groups excluding carboxylic acids is 1. The monoisotopic (exact) mass is 278 g/mol. The molecule has 0 spiro atoms. The zero-order chi connectivity index (χ0) is 13.4. The number of esters is 1. The van der Waals surface area contributed by atoms with Crippen LogP contribution in [0.3, 0.4) is 0 Å². The van der Waals surface area contributed by atoms with Crippen LogP contribution in [0, 0.1) is 0 Å². The molecule has 2 N–H and O–H groups in total. The number of aromatic nitrogens is 3. The first kappa shape index (κ1) is 12.2. The van der Waals surface area contributed by atoms with Gasteiger partial charge in [-0.15, -0.1) is 11.3 Å². The highest BCUT2D eigenvalue weighted by Gasteiger charge is 2.22. The smallest absolute Gasteiger partial charge is 0.360 e. The lowest BCUT2D eigenvalue weighted by atomic mass is 10.4. The fourth-order valence-corrected chi connectivity index (χ4v) is 3.28. The first-order chi connectivity index (χ1) is 9.20. The molecule has 0 aliphatic heterocycles. The number of nitrogen functional groups attached to an aromatic ring is 1. The third-order valence-electron chi connectivity index (χ3n) is 3.06. The number of ether oxygens (including phenoxy) is 1. The van der Waals surface area contributed by atoms with Crippen molar-refractivity contribution < 1.29 is 9.53 Å². The molecular formula is C12H14N4O2S. The van der Waals surface area contributed by atoms with E-state index < -0.39 is 5.97 Å². The Balaban J connectivity index is 1.95. The van der Waals surface area contributed by atoms with E-state index in [0.717, 1.165) is 23.7 Å². The van der Waals surface area contributed by atoms with Crippen LogP contribution in [0.15, 0.2) is 6.33 Å². The topological polar surface area (TPSA) is 83.0 Å². The molecule has 0 saturated carbocycles. The SMILES string of the molecule is CCOC(=O)c1ncn(-c2nc3c(s2)CCC3)c1N. The van der Waals surface area contributed by atoms with Crippen LogP contribution in [-0.2, 0) is 17.6 Å². The average molecular weight is 278 g/mol. The van der Waals surface area contributed by atoms with Gasteiger partial charge >= 0.3 is 5.97 Å². The standard InChI is InChI=1S/C12H14N4O2S/c1-2-18-11(17)9-10(13)16(6-14-9)12-15-7-4-3-5-8(7)19-12/h6H,2-5,13H2,1H3. The molecule has 100 valence electrons. The predicted molar refractivity (Wildman–Crippen MR) is 71.6 cm³/mol. The van der Waals surface area contributed by atoms with E-state index in [0.29, 0.717) is 6.61 Å². The second kappa shape index (κ2) is 4.65. The third kappa shape index (κ3) is 1.99. The number of hydrogen-bond acceptors (Lipinski definition) is 6. The number of fused-ring (bicyclic) bond motifs is 1. The van der Waals surface area contributed by atoms with E-state index in [1.54, 1.807) is 22.8 Å². The van der Waals surface area contributed by atoms with Crippen molar-refractivity contribution in [3.05, 3.63) is 22.6 Å². The van der Waals surface area contributed by atoms with Crippen molar-refractivity contribution in [2.45, 2.75) is 26.2 Å². The van der Waals surface area contributed by atoms with E-state index in [2.05, 4.69) is 9.97 Å². The van der Waals surface area contributed by atoms with E-state index >= 15 is 0 Å². The van der Waals surface area contributed by atoms with E-state index in [4.69, 9.17) is 10.5 Å². The largest absolute Gasteiger partial charge is 0.461 e. The Kier molecular flexibility index (Phi) is 2.98. The van der Waals surface area contributed by atoms with Crippen LogP contribution in [-0.4, -0.2) is 27.1 Å². The highest BCUT2D eigenvalue weighted by molar-refractivity contribution is 7.14. The minimum Gasteiger partial charge on any atom is -0.461 e. The van der Waals surface area contributed by atoms with Crippen molar-refractivity contribution in [2.24, 2.45) is 0 Å². The van der Waals surface area contributed by atoms with Gasteiger partial charge < -0.3 is 10.5 Å². The van der Waals surface area contributed by atoms with Gasteiger partial charge in [-0.3, -0.25) is 4.57 Å². The molecule has 7 heteroatoms. The lowest BCUT2D eigenvalue weighted by Crippen LogP contribution is -2.09. The lowest BCUT2D eigenvalue weighted by molar-refractivity contribution is 0.0521. The van der Waals surface area contributed by atoms with Gasteiger partial charge in [0, 0.05) is 4.88 Å². The summed E-state index contributed by atoms with van der Waals surface area (Å²) in [5, 5.41) is 0.769. The Hall–Kier alpha value is -1.89. The Bertz CT molecular complexity index is 610. The molecular weight excluding hydrogens is 264 g/mol. The maximum absolute atomic E-state index is 11.7. The minimum atomic E-state index is -0.497. The molecule has 0 radical (unpaired) electrons. The van der Waals surface area contributed by atoms with Crippen LogP contribution in [0.5, 0.6) is 0 Å². The van der Waals surface area contributed by atoms with E-state index in [-0.39, 0.29) is 11.5 Å². The van der Waals surface area contributed by atoms with Gasteiger partial charge in [-0.05, 0) is 26.2 Å². The first-order valence-corrected chi connectivity index (χ1v) is 7.01. The molecule has 0 bridgehead atoms. The molecule has 0 amide bonds. The normalized spacial score (nSPS) is 13.5. The van der Waals surface area contributed by atoms with Crippen LogP contribution < -0.4 is 5.73 Å². The number of thiazole rings is 1. The highest BCUT2D eigenvalue weighted by atomic mass is 32.1. The molecule has 3 rings (SSSR count). The first-order valence-electron chi connectivity index (χ1n) is 6.19. The zero-order valence-electron chi connectivity index (χ0n) is 10.5. The Morgan fingerprint density at radius 2 is 2.42 bits per heavy atom. The Morgan fingerprint density at radius 1 is 1.58 bits per heavy atom. The summed E-state index contributed by atoms with van der Waals surface area (Å²) in [6.07, 6.45) is 4.79. The summed E-state index contributed by atoms with van der Waals surface area (Å²) in [7, 11) is 0. The van der Waals surface area contributed by atoms with Crippen LogP contribution in [0.4, 0.5) is 5.82 Å². The van der Waals surface area contributed by atoms with Crippen molar-refractivity contribution >= 4 is 23.1 Å². The zero-order valence-corrected chi connectivity index (χ0v) is 11.4. The summed E-state index contributed by atoms with van der Waals surface area (Å²) in [5.74, 6) is -0.214. The summed E-state index contributed by atoms with van der Waals surface area (Å²) in [5.41, 5.74) is 7.25. The number of rotatable bonds is 3. The molecule has 6 nitrogen and oxygen atoms in total.